The number of carbonyl (C=O) groups excluding carboxylic acids is 2. The van der Waals surface area contributed by atoms with Crippen LogP contribution in [-0.2, 0) is 105 Å². The van der Waals surface area contributed by atoms with E-state index in [0.29, 0.717) is 38.5 Å². The van der Waals surface area contributed by atoms with Crippen molar-refractivity contribution >= 4 is 11.9 Å². The zero-order valence-electron chi connectivity index (χ0n) is 30.0. The number of nitrogens with zero attached hydrogens (tertiary/aromatic N) is 2. The number of hydrogen-bond donors (Lipinski definition) is 1. The van der Waals surface area contributed by atoms with Crippen molar-refractivity contribution in [2.75, 3.05) is 67.1 Å². The summed E-state index contributed by atoms with van der Waals surface area (Å²) in [5.74, 6) is -0.0701. The number of hydrogen-bond acceptors (Lipinski definition) is 11. The Morgan fingerprint density at radius 3 is 2.13 bits per heavy atom. The average molecular weight is 814 g/mol. The van der Waals surface area contributed by atoms with E-state index in [4.69, 9.17) is 34.2 Å². The van der Waals surface area contributed by atoms with Gasteiger partial charge in [-0.1, -0.05) is 6.42 Å². The van der Waals surface area contributed by atoms with E-state index in [1.165, 1.54) is 0 Å². The standard InChI is InChI=1S/C34H57N3O8.2Y/c1-10-27(24-42-25-40-8)19-37(23-32(39)45-34(5,6)7)29(16-13-14-18-35)21-36(22-31(38)44-33(2,3)4)20-28-15-11-12-17-30(28)43-26-41-9;;/h10,12,15,17,29H,1,13-14,16,18-26,35H2,2-9H3;;/q-2;;/b27-10-;;. The molecule has 0 aliphatic carbocycles. The van der Waals surface area contributed by atoms with Crippen molar-refractivity contribution in [1.82, 2.24) is 9.80 Å². The van der Waals surface area contributed by atoms with Gasteiger partial charge in [-0.25, -0.2) is 13.0 Å². The summed E-state index contributed by atoms with van der Waals surface area (Å²) >= 11 is 0. The van der Waals surface area contributed by atoms with Gasteiger partial charge in [-0.05, 0) is 74.0 Å². The van der Waals surface area contributed by atoms with Crippen LogP contribution in [0.5, 0.6) is 5.75 Å². The summed E-state index contributed by atoms with van der Waals surface area (Å²) in [6, 6.07) is 8.37. The minimum absolute atomic E-state index is 0. The molecule has 0 aliphatic heterocycles. The number of benzene rings is 1. The number of unbranched alkanes of at least 4 members (excludes halogenated alkanes) is 1. The second-order valence-electron chi connectivity index (χ2n) is 12.9. The van der Waals surface area contributed by atoms with Crippen LogP contribution in [0.4, 0.5) is 0 Å². The predicted molar refractivity (Wildman–Crippen MR) is 174 cm³/mol. The van der Waals surface area contributed by atoms with Crippen molar-refractivity contribution in [3.05, 3.63) is 48.4 Å². The van der Waals surface area contributed by atoms with Crippen LogP contribution in [0, 0.1) is 13.0 Å². The molecule has 1 rings (SSSR count). The molecule has 0 aromatic heterocycles. The van der Waals surface area contributed by atoms with Gasteiger partial charge < -0.3 is 39.1 Å². The molecule has 2 N–H and O–H groups in total. The summed E-state index contributed by atoms with van der Waals surface area (Å²) in [6.45, 7) is 17.4. The monoisotopic (exact) mass is 813 g/mol. The molecule has 1 aromatic rings. The third kappa shape index (κ3) is 23.6. The average Bonchev–Trinajstić information content (AvgIpc) is 2.93. The number of esters is 2. The van der Waals surface area contributed by atoms with E-state index >= 15 is 0 Å². The van der Waals surface area contributed by atoms with Crippen molar-refractivity contribution in [2.24, 2.45) is 5.73 Å². The number of carbonyl (C=O) groups is 2. The van der Waals surface area contributed by atoms with Gasteiger partial charge in [0.05, 0.1) is 13.1 Å². The van der Waals surface area contributed by atoms with E-state index < -0.39 is 11.2 Å². The van der Waals surface area contributed by atoms with Gasteiger partial charge in [-0.2, -0.15) is 23.8 Å². The second-order valence-corrected chi connectivity index (χ2v) is 12.9. The molecule has 13 heteroatoms. The summed E-state index contributed by atoms with van der Waals surface area (Å²) in [4.78, 5) is 30.4. The molecule has 0 spiro atoms. The van der Waals surface area contributed by atoms with E-state index in [-0.39, 0.29) is 110 Å². The van der Waals surface area contributed by atoms with Crippen molar-refractivity contribution < 1.29 is 103 Å². The molecule has 0 saturated heterocycles. The Labute approximate surface area is 334 Å². The third-order valence-electron chi connectivity index (χ3n) is 6.32. The summed E-state index contributed by atoms with van der Waals surface area (Å²) in [5, 5.41) is 0. The second kappa shape index (κ2) is 26.4. The van der Waals surface area contributed by atoms with Crippen molar-refractivity contribution in [3.8, 4) is 5.75 Å². The fourth-order valence-electron chi connectivity index (χ4n) is 4.57. The smallest absolute Gasteiger partial charge is 0.320 e. The Hall–Kier alpha value is -0.462. The summed E-state index contributed by atoms with van der Waals surface area (Å²) in [7, 11) is 3.12. The molecule has 0 aliphatic rings. The Kier molecular flexibility index (Phi) is 27.3. The first-order chi connectivity index (χ1) is 21.2. The number of nitrogens with two attached hydrogens (primary N) is 1. The molecule has 0 fully saturated rings. The fourth-order valence-corrected chi connectivity index (χ4v) is 4.57. The van der Waals surface area contributed by atoms with Gasteiger partial charge in [-0.15, -0.1) is 11.6 Å². The van der Waals surface area contributed by atoms with E-state index in [2.05, 4.69) is 17.9 Å². The predicted octanol–water partition coefficient (Wildman–Crippen LogP) is 4.13. The maximum atomic E-state index is 13.2. The topological polar surface area (TPSA) is 122 Å². The van der Waals surface area contributed by atoms with E-state index in [1.54, 1.807) is 26.4 Å². The maximum absolute atomic E-state index is 13.2. The van der Waals surface area contributed by atoms with Crippen LogP contribution in [-0.4, -0.2) is 106 Å². The molecule has 0 bridgehead atoms. The maximum Gasteiger partial charge on any atom is 0.320 e. The fraction of sp³-hybridized carbons (Fsp3) is 0.676. The zero-order chi connectivity index (χ0) is 33.9. The minimum atomic E-state index is -0.644. The van der Waals surface area contributed by atoms with Crippen LogP contribution >= 0.6 is 0 Å². The van der Waals surface area contributed by atoms with E-state index in [0.717, 1.165) is 30.4 Å². The van der Waals surface area contributed by atoms with E-state index in [9.17, 15) is 9.59 Å². The molecular weight excluding hydrogens is 756 g/mol. The SMILES string of the molecule is [CH2-]/C=C(\COCOC)CN(CC(=O)OC(C)(C)C)C(CCCCN)CN(CC(=O)OC(C)(C)C)Cc1c[c-]ccc1OCOC.[Y].[Y]. The molecule has 0 saturated carbocycles. The largest absolute Gasteiger partial charge is 0.493 e. The molecule has 1 aromatic carbocycles. The zero-order valence-corrected chi connectivity index (χ0v) is 35.6. The Bertz CT molecular complexity index is 1030. The van der Waals surface area contributed by atoms with Gasteiger partial charge >= 0.3 is 11.9 Å². The van der Waals surface area contributed by atoms with Crippen molar-refractivity contribution in [2.45, 2.75) is 84.6 Å². The summed E-state index contributed by atoms with van der Waals surface area (Å²) in [5.41, 5.74) is 6.29. The van der Waals surface area contributed by atoms with Crippen molar-refractivity contribution in [1.29, 1.82) is 0 Å². The van der Waals surface area contributed by atoms with Gasteiger partial charge in [0.2, 0.25) is 0 Å². The molecule has 11 nitrogen and oxygen atoms in total. The number of allylic oxidation sites excluding steroid dienone is 1. The van der Waals surface area contributed by atoms with Crippen LogP contribution < -0.4 is 10.5 Å². The van der Waals surface area contributed by atoms with E-state index in [1.807, 2.05) is 58.6 Å². The summed E-state index contributed by atoms with van der Waals surface area (Å²) in [6.07, 6.45) is 4.12. The van der Waals surface area contributed by atoms with Gasteiger partial charge in [0.25, 0.3) is 0 Å². The molecule has 1 unspecified atom stereocenters. The first-order valence-corrected chi connectivity index (χ1v) is 15.5. The van der Waals surface area contributed by atoms with Crippen LogP contribution in [0.1, 0.15) is 66.4 Å². The van der Waals surface area contributed by atoms with Gasteiger partial charge in [0.15, 0.2) is 6.79 Å². The van der Waals surface area contributed by atoms with Crippen LogP contribution in [0.15, 0.2) is 29.8 Å². The van der Waals surface area contributed by atoms with Crippen LogP contribution in [0.25, 0.3) is 0 Å². The molecular formula is C34H57N3O8Y2-2. The number of methoxy groups -OCH3 is 2. The van der Waals surface area contributed by atoms with Crippen molar-refractivity contribution in [3.63, 3.8) is 0 Å². The first-order valence-electron chi connectivity index (χ1n) is 15.5. The first kappa shape index (κ1) is 48.7. The van der Waals surface area contributed by atoms with Gasteiger partial charge in [0, 0.05) is 105 Å². The molecule has 0 amide bonds. The molecule has 1 atom stereocenters. The normalized spacial score (nSPS) is 12.7. The summed E-state index contributed by atoms with van der Waals surface area (Å²) < 4.78 is 33.0. The molecule has 2 radical (unpaired) electrons. The number of ether oxygens (including phenoxy) is 6. The quantitative estimate of drug-likeness (QED) is 0.0788. The Balaban J connectivity index is 0. The van der Waals surface area contributed by atoms with Crippen LogP contribution in [0.2, 0.25) is 0 Å². The van der Waals surface area contributed by atoms with Gasteiger partial charge in [-0.3, -0.25) is 14.5 Å². The minimum Gasteiger partial charge on any atom is -0.493 e. The Morgan fingerprint density at radius 2 is 1.57 bits per heavy atom. The third-order valence-corrected chi connectivity index (χ3v) is 6.32. The molecule has 264 valence electrons. The number of rotatable bonds is 22. The van der Waals surface area contributed by atoms with Gasteiger partial charge in [0.1, 0.15) is 18.0 Å². The molecule has 0 heterocycles. The molecule has 47 heavy (non-hydrogen) atoms. The Morgan fingerprint density at radius 1 is 0.957 bits per heavy atom. The van der Waals surface area contributed by atoms with Crippen LogP contribution in [0.3, 0.4) is 0 Å².